The summed E-state index contributed by atoms with van der Waals surface area (Å²) in [6, 6.07) is 14.1. The maximum atomic E-state index is 15.3. The highest BCUT2D eigenvalue weighted by Crippen LogP contribution is 2.53. The number of piperidine rings is 5. The highest BCUT2D eigenvalue weighted by molar-refractivity contribution is 6.09. The van der Waals surface area contributed by atoms with Crippen molar-refractivity contribution in [2.75, 3.05) is 54.4 Å². The number of amides is 5. The molecule has 13 rings (SSSR count). The minimum absolute atomic E-state index is 0.0537. The number of likely N-dealkylation sites (tertiary alicyclic amines) is 2. The number of fused-ring (bicyclic) bond motifs is 5. The molecule has 6 saturated heterocycles. The van der Waals surface area contributed by atoms with Gasteiger partial charge in [0.1, 0.15) is 11.3 Å². The summed E-state index contributed by atoms with van der Waals surface area (Å²) >= 11 is 0. The molecule has 2 N–H and O–H groups in total. The van der Waals surface area contributed by atoms with Gasteiger partial charge in [0, 0.05) is 98.1 Å². The molecule has 2 aliphatic carbocycles. The summed E-state index contributed by atoms with van der Waals surface area (Å²) in [6.45, 7) is 9.21. The molecule has 16 heteroatoms. The molecule has 0 radical (unpaired) electrons. The number of carbonyl (C=O) groups is 5. The van der Waals surface area contributed by atoms with E-state index in [1.165, 1.54) is 19.3 Å². The molecule has 4 atom stereocenters. The molecule has 1 unspecified atom stereocenters. The molecule has 4 aromatic rings. The van der Waals surface area contributed by atoms with Crippen molar-refractivity contribution >= 4 is 57.9 Å². The van der Waals surface area contributed by atoms with E-state index in [1.54, 1.807) is 6.20 Å². The van der Waals surface area contributed by atoms with Crippen LogP contribution >= 0.6 is 0 Å². The predicted octanol–water partition coefficient (Wildman–Crippen LogP) is 7.08. The lowest BCUT2D eigenvalue weighted by molar-refractivity contribution is -0.148. The molecular formula is C57H71N11O5. The summed E-state index contributed by atoms with van der Waals surface area (Å²) < 4.78 is 2.20. The van der Waals surface area contributed by atoms with Crippen molar-refractivity contribution in [3.05, 3.63) is 60.0 Å². The van der Waals surface area contributed by atoms with Crippen LogP contribution in [0.3, 0.4) is 0 Å². The SMILES string of the molecule is CC(C)n1cnc2cc(-c3ccc4c(c3)N(C3CC(N5CCCCC5)C3)C(=O)C43CCN(C(=O)C4C[C@H]5CC[C@@H](C4)N5C(=O)C4CCN(c5ccc([C@@H]6CCC(=O)NC6=O)cn5)CC4)CC3)nc(NC3CC3)c21. The summed E-state index contributed by atoms with van der Waals surface area (Å²) in [6.07, 6.45) is 18.6. The second-order valence-corrected chi connectivity index (χ2v) is 23.6. The summed E-state index contributed by atoms with van der Waals surface area (Å²) in [4.78, 5) is 94.4. The van der Waals surface area contributed by atoms with E-state index in [1.807, 2.05) is 18.5 Å². The molecule has 1 aromatic carbocycles. The molecule has 3 aromatic heterocycles. The van der Waals surface area contributed by atoms with Gasteiger partial charge in [-0.2, -0.15) is 0 Å². The molecule has 7 aliphatic heterocycles. The number of imidazole rings is 1. The minimum atomic E-state index is -0.674. The van der Waals surface area contributed by atoms with E-state index in [0.29, 0.717) is 63.7 Å². The van der Waals surface area contributed by atoms with Gasteiger partial charge in [-0.25, -0.2) is 15.0 Å². The number of imide groups is 1. The van der Waals surface area contributed by atoms with Crippen molar-refractivity contribution in [3.8, 4) is 11.3 Å². The fourth-order valence-corrected chi connectivity index (χ4v) is 14.5. The average Bonchev–Trinajstić information content (AvgIpc) is 3.98. The zero-order chi connectivity index (χ0) is 49.7. The highest BCUT2D eigenvalue weighted by Gasteiger charge is 2.57. The third kappa shape index (κ3) is 8.28. The molecule has 5 amide bonds. The molecule has 384 valence electrons. The fourth-order valence-electron chi connectivity index (χ4n) is 14.5. The third-order valence-electron chi connectivity index (χ3n) is 18.9. The summed E-state index contributed by atoms with van der Waals surface area (Å²) in [5, 5.41) is 6.15. The van der Waals surface area contributed by atoms with Crippen molar-refractivity contribution in [2.45, 2.75) is 171 Å². The van der Waals surface area contributed by atoms with E-state index < -0.39 is 5.41 Å². The van der Waals surface area contributed by atoms with E-state index in [0.717, 1.165) is 128 Å². The molecule has 2 bridgehead atoms. The number of hydrogen-bond donors (Lipinski definition) is 2. The van der Waals surface area contributed by atoms with E-state index in [4.69, 9.17) is 15.0 Å². The Morgan fingerprint density at radius 2 is 1.51 bits per heavy atom. The van der Waals surface area contributed by atoms with Crippen LogP contribution in [0.15, 0.2) is 48.9 Å². The van der Waals surface area contributed by atoms with Crippen molar-refractivity contribution in [3.63, 3.8) is 0 Å². The number of pyridine rings is 2. The van der Waals surface area contributed by atoms with Gasteiger partial charge in [0.25, 0.3) is 0 Å². The lowest BCUT2D eigenvalue weighted by atomic mass is 9.73. The molecule has 8 fully saturated rings. The molecule has 1 spiro atoms. The van der Waals surface area contributed by atoms with Gasteiger partial charge in [0.2, 0.25) is 29.5 Å². The highest BCUT2D eigenvalue weighted by atomic mass is 16.2. The quantitative estimate of drug-likeness (QED) is 0.156. The number of anilines is 3. The van der Waals surface area contributed by atoms with E-state index in [2.05, 4.69) is 77.8 Å². The van der Waals surface area contributed by atoms with Crippen LogP contribution in [0, 0.1) is 11.8 Å². The maximum absolute atomic E-state index is 15.3. The van der Waals surface area contributed by atoms with Crippen LogP contribution in [0.2, 0.25) is 0 Å². The Hall–Kier alpha value is -5.90. The lowest BCUT2D eigenvalue weighted by Crippen LogP contribution is -2.59. The van der Waals surface area contributed by atoms with Gasteiger partial charge in [0.05, 0.1) is 28.9 Å². The van der Waals surface area contributed by atoms with Crippen molar-refractivity contribution in [2.24, 2.45) is 11.8 Å². The smallest absolute Gasteiger partial charge is 0.238 e. The number of aromatic nitrogens is 4. The predicted molar refractivity (Wildman–Crippen MR) is 278 cm³/mol. The van der Waals surface area contributed by atoms with E-state index >= 15 is 4.79 Å². The van der Waals surface area contributed by atoms with Crippen LogP contribution in [0.25, 0.3) is 22.3 Å². The number of rotatable bonds is 10. The first-order valence-electron chi connectivity index (χ1n) is 28.0. The zero-order valence-electron chi connectivity index (χ0n) is 42.6. The van der Waals surface area contributed by atoms with Gasteiger partial charge in [-0.05, 0) is 153 Å². The Balaban J connectivity index is 0.678. The third-order valence-corrected chi connectivity index (χ3v) is 18.9. The number of nitrogens with zero attached hydrogens (tertiary/aromatic N) is 9. The van der Waals surface area contributed by atoms with Crippen LogP contribution < -0.4 is 20.4 Å². The number of hydrogen-bond acceptors (Lipinski definition) is 11. The van der Waals surface area contributed by atoms with Crippen LogP contribution in [0.5, 0.6) is 0 Å². The Kier molecular flexibility index (Phi) is 11.9. The Morgan fingerprint density at radius 1 is 0.753 bits per heavy atom. The second kappa shape index (κ2) is 18.5. The minimum Gasteiger partial charge on any atom is -0.366 e. The van der Waals surface area contributed by atoms with Gasteiger partial charge in [0.15, 0.2) is 5.82 Å². The van der Waals surface area contributed by atoms with Gasteiger partial charge in [-0.3, -0.25) is 29.3 Å². The first kappa shape index (κ1) is 46.9. The van der Waals surface area contributed by atoms with Gasteiger partial charge >= 0.3 is 0 Å². The standard InChI is InChI=1S/C57H71N11O5/c1-34(2)66-33-59-47-31-46(61-52(51(47)66)60-39-8-9-39)36-6-13-45-48(28-36)68(43-29-42(30-43)63-20-4-3-5-21-63)56(73)57(45)18-24-65(25-19-57)54(71)38-26-40-10-11-41(27-38)67(40)55(72)35-16-22-64(23-17-35)49-14-7-37(32-58-49)44-12-15-50(69)62-53(44)70/h6-7,13-14,28,31-35,38-44H,3-5,8-12,15-27,29-30H2,1-2H3,(H,60,61)(H,62,69,70)/t38?,40-,41+,42?,43?,44-/m0/s1. The van der Waals surface area contributed by atoms with E-state index in [9.17, 15) is 19.2 Å². The largest absolute Gasteiger partial charge is 0.366 e. The average molecular weight is 990 g/mol. The van der Waals surface area contributed by atoms with Crippen LogP contribution in [-0.4, -0.2) is 133 Å². The Bertz CT molecular complexity index is 2820. The van der Waals surface area contributed by atoms with E-state index in [-0.39, 0.29) is 71.5 Å². The summed E-state index contributed by atoms with van der Waals surface area (Å²) in [5.41, 5.74) is 6.07. The maximum Gasteiger partial charge on any atom is 0.238 e. The zero-order valence-corrected chi connectivity index (χ0v) is 42.6. The van der Waals surface area contributed by atoms with Crippen LogP contribution in [0.4, 0.5) is 17.3 Å². The van der Waals surface area contributed by atoms with Crippen molar-refractivity contribution in [1.29, 1.82) is 0 Å². The van der Waals surface area contributed by atoms with Crippen LogP contribution in [0.1, 0.15) is 146 Å². The first-order chi connectivity index (χ1) is 35.5. The molecule has 10 heterocycles. The summed E-state index contributed by atoms with van der Waals surface area (Å²) in [7, 11) is 0. The summed E-state index contributed by atoms with van der Waals surface area (Å²) in [5.74, 6) is 1.34. The van der Waals surface area contributed by atoms with Crippen LogP contribution in [-0.2, 0) is 29.4 Å². The molecular weight excluding hydrogens is 919 g/mol. The molecule has 2 saturated carbocycles. The Labute approximate surface area is 428 Å². The fraction of sp³-hybridized carbons (Fsp3) is 0.614. The molecule has 73 heavy (non-hydrogen) atoms. The topological polar surface area (TPSA) is 169 Å². The first-order valence-corrected chi connectivity index (χ1v) is 28.0. The Morgan fingerprint density at radius 3 is 2.19 bits per heavy atom. The number of carbonyl (C=O) groups excluding carboxylic acids is 5. The normalized spacial score (nSPS) is 28.5. The van der Waals surface area contributed by atoms with Gasteiger partial charge in [-0.15, -0.1) is 0 Å². The molecule has 9 aliphatic rings. The number of benzene rings is 1. The monoisotopic (exact) mass is 990 g/mol. The van der Waals surface area contributed by atoms with Gasteiger partial charge < -0.3 is 34.4 Å². The number of nitrogens with one attached hydrogen (secondary N) is 2. The second-order valence-electron chi connectivity index (χ2n) is 23.6. The van der Waals surface area contributed by atoms with Crippen molar-refractivity contribution < 1.29 is 24.0 Å². The molecule has 16 nitrogen and oxygen atoms in total. The van der Waals surface area contributed by atoms with Crippen molar-refractivity contribution in [1.82, 2.24) is 39.5 Å². The lowest BCUT2D eigenvalue weighted by Gasteiger charge is -2.48. The van der Waals surface area contributed by atoms with Gasteiger partial charge in [-0.1, -0.05) is 24.6 Å².